The number of hydrogen-bond acceptors (Lipinski definition) is 3. The van der Waals surface area contributed by atoms with Crippen molar-refractivity contribution in [1.29, 1.82) is 0 Å². The van der Waals surface area contributed by atoms with Crippen LogP contribution in [-0.4, -0.2) is 18.0 Å². The average molecular weight is 296 g/mol. The number of carbonyl (C=O) groups excluding carboxylic acids is 1. The van der Waals surface area contributed by atoms with Gasteiger partial charge in [-0.05, 0) is 35.9 Å². The molecule has 0 bridgehead atoms. The summed E-state index contributed by atoms with van der Waals surface area (Å²) in [5.41, 5.74) is 7.62. The van der Waals surface area contributed by atoms with Crippen LogP contribution < -0.4 is 10.5 Å². The number of halogens is 1. The molecule has 0 aliphatic heterocycles. The van der Waals surface area contributed by atoms with E-state index in [1.807, 2.05) is 0 Å². The summed E-state index contributed by atoms with van der Waals surface area (Å²) in [5, 5.41) is 0.427. The third-order valence-corrected chi connectivity index (χ3v) is 3.47. The van der Waals surface area contributed by atoms with E-state index in [1.54, 1.807) is 42.6 Å². The molecule has 1 aromatic heterocycles. The molecule has 1 amide bonds. The predicted octanol–water partition coefficient (Wildman–Crippen LogP) is 3.15. The molecular weight excluding hydrogens is 283 g/mol. The number of aromatic nitrogens is 1. The van der Waals surface area contributed by atoms with Crippen LogP contribution >= 0.6 is 0 Å². The smallest absolute Gasteiger partial charge is 0.252 e. The highest BCUT2D eigenvalue weighted by Crippen LogP contribution is 2.28. The first-order valence-corrected chi connectivity index (χ1v) is 6.62. The molecule has 0 aliphatic carbocycles. The summed E-state index contributed by atoms with van der Waals surface area (Å²) in [6.07, 6.45) is 1.63. The van der Waals surface area contributed by atoms with Crippen LogP contribution in [0.3, 0.4) is 0 Å². The lowest BCUT2D eigenvalue weighted by Crippen LogP contribution is -2.12. The molecule has 0 unspecified atom stereocenters. The molecule has 0 spiro atoms. The molecule has 110 valence electrons. The van der Waals surface area contributed by atoms with Crippen LogP contribution in [0.2, 0.25) is 0 Å². The second kappa shape index (κ2) is 5.44. The third-order valence-electron chi connectivity index (χ3n) is 3.47. The van der Waals surface area contributed by atoms with Crippen molar-refractivity contribution in [2.75, 3.05) is 7.11 Å². The van der Waals surface area contributed by atoms with Crippen molar-refractivity contribution in [3.63, 3.8) is 0 Å². The Balaban J connectivity index is 2.17. The molecule has 1 heterocycles. The number of nitrogens with two attached hydrogens (primary N) is 1. The molecule has 0 radical (unpaired) electrons. The van der Waals surface area contributed by atoms with Gasteiger partial charge in [0.25, 0.3) is 5.91 Å². The van der Waals surface area contributed by atoms with E-state index in [2.05, 4.69) is 4.98 Å². The minimum absolute atomic E-state index is 0.272. The maximum Gasteiger partial charge on any atom is 0.252 e. The Morgan fingerprint density at radius 2 is 2.00 bits per heavy atom. The van der Waals surface area contributed by atoms with Crippen molar-refractivity contribution in [2.45, 2.75) is 0 Å². The van der Waals surface area contributed by atoms with E-state index in [0.29, 0.717) is 27.8 Å². The van der Waals surface area contributed by atoms with Crippen LogP contribution in [0, 0.1) is 5.82 Å². The number of hydrogen-bond donors (Lipinski definition) is 1. The van der Waals surface area contributed by atoms with Crippen LogP contribution in [0.4, 0.5) is 4.39 Å². The van der Waals surface area contributed by atoms with Gasteiger partial charge in [0, 0.05) is 17.1 Å². The van der Waals surface area contributed by atoms with Gasteiger partial charge in [-0.1, -0.05) is 12.1 Å². The van der Waals surface area contributed by atoms with Crippen molar-refractivity contribution in [2.24, 2.45) is 5.73 Å². The summed E-state index contributed by atoms with van der Waals surface area (Å²) in [5.74, 6) is -0.523. The summed E-state index contributed by atoms with van der Waals surface area (Å²) in [7, 11) is 1.47. The second-order valence-corrected chi connectivity index (χ2v) is 4.81. The van der Waals surface area contributed by atoms with Crippen LogP contribution in [0.5, 0.6) is 5.75 Å². The van der Waals surface area contributed by atoms with Crippen molar-refractivity contribution in [3.05, 3.63) is 60.0 Å². The molecule has 0 fully saturated rings. The van der Waals surface area contributed by atoms with Gasteiger partial charge in [-0.25, -0.2) is 4.39 Å². The highest BCUT2D eigenvalue weighted by molar-refractivity contribution is 5.97. The van der Waals surface area contributed by atoms with Gasteiger partial charge in [-0.3, -0.25) is 9.78 Å². The van der Waals surface area contributed by atoms with Gasteiger partial charge in [0.2, 0.25) is 0 Å². The van der Waals surface area contributed by atoms with E-state index < -0.39 is 5.91 Å². The largest absolute Gasteiger partial charge is 0.496 e. The summed E-state index contributed by atoms with van der Waals surface area (Å²) < 4.78 is 19.0. The van der Waals surface area contributed by atoms with E-state index in [-0.39, 0.29) is 11.4 Å². The maximum atomic E-state index is 13.9. The Morgan fingerprint density at radius 3 is 2.73 bits per heavy atom. The predicted molar refractivity (Wildman–Crippen MR) is 82.2 cm³/mol. The molecule has 3 rings (SSSR count). The molecule has 0 aliphatic rings. The van der Waals surface area contributed by atoms with Gasteiger partial charge >= 0.3 is 0 Å². The highest BCUT2D eigenvalue weighted by atomic mass is 19.1. The monoisotopic (exact) mass is 296 g/mol. The van der Waals surface area contributed by atoms with Gasteiger partial charge in [-0.2, -0.15) is 0 Å². The van der Waals surface area contributed by atoms with E-state index in [4.69, 9.17) is 10.5 Å². The number of pyridine rings is 1. The van der Waals surface area contributed by atoms with E-state index in [0.717, 1.165) is 0 Å². The lowest BCUT2D eigenvalue weighted by Gasteiger charge is -2.09. The summed E-state index contributed by atoms with van der Waals surface area (Å²) >= 11 is 0. The van der Waals surface area contributed by atoms with Crippen LogP contribution in [0.1, 0.15) is 10.4 Å². The number of amides is 1. The van der Waals surface area contributed by atoms with Crippen molar-refractivity contribution in [3.8, 4) is 16.9 Å². The summed E-state index contributed by atoms with van der Waals surface area (Å²) in [6, 6.07) is 11.5. The molecule has 3 aromatic rings. The number of primary amides is 1. The first-order valence-electron chi connectivity index (χ1n) is 6.62. The molecule has 0 saturated carbocycles. The van der Waals surface area contributed by atoms with Crippen molar-refractivity contribution >= 4 is 16.8 Å². The maximum absolute atomic E-state index is 13.9. The molecule has 22 heavy (non-hydrogen) atoms. The number of ether oxygens (including phenoxy) is 1. The van der Waals surface area contributed by atoms with Crippen molar-refractivity contribution in [1.82, 2.24) is 4.98 Å². The fourth-order valence-corrected chi connectivity index (χ4v) is 2.35. The highest BCUT2D eigenvalue weighted by Gasteiger charge is 2.12. The second-order valence-electron chi connectivity index (χ2n) is 4.81. The average Bonchev–Trinajstić information content (AvgIpc) is 2.54. The zero-order chi connectivity index (χ0) is 15.7. The molecule has 2 N–H and O–H groups in total. The van der Waals surface area contributed by atoms with Gasteiger partial charge in [0.15, 0.2) is 0 Å². The zero-order valence-electron chi connectivity index (χ0n) is 11.8. The molecule has 0 atom stereocenters. The van der Waals surface area contributed by atoms with Gasteiger partial charge < -0.3 is 10.5 Å². The standard InChI is InChI=1S/C17H13FN2O2/c1-22-16-6-5-10(7-13(16)17(19)21)11-8-12-14(18)3-2-4-15(12)20-9-11/h2-9H,1H3,(H2,19,21). The molecule has 2 aromatic carbocycles. The Bertz CT molecular complexity index is 878. The van der Waals surface area contributed by atoms with Crippen LogP contribution in [-0.2, 0) is 0 Å². The quantitative estimate of drug-likeness (QED) is 0.807. The third kappa shape index (κ3) is 2.37. The lowest BCUT2D eigenvalue weighted by molar-refractivity contribution is 0.0997. The van der Waals surface area contributed by atoms with E-state index in [9.17, 15) is 9.18 Å². The fraction of sp³-hybridized carbons (Fsp3) is 0.0588. The first kappa shape index (κ1) is 14.0. The summed E-state index contributed by atoms with van der Waals surface area (Å²) in [6.45, 7) is 0. The van der Waals surface area contributed by atoms with E-state index in [1.165, 1.54) is 13.2 Å². The Kier molecular flexibility index (Phi) is 3.47. The Labute approximate surface area is 126 Å². The van der Waals surface area contributed by atoms with Gasteiger partial charge in [-0.15, -0.1) is 0 Å². The number of fused-ring (bicyclic) bond motifs is 1. The molecule has 4 nitrogen and oxygen atoms in total. The minimum atomic E-state index is -0.585. The normalized spacial score (nSPS) is 10.6. The lowest BCUT2D eigenvalue weighted by atomic mass is 10.0. The van der Waals surface area contributed by atoms with Crippen LogP contribution in [0.25, 0.3) is 22.0 Å². The Hall–Kier alpha value is -2.95. The molecule has 5 heteroatoms. The number of rotatable bonds is 3. The van der Waals surface area contributed by atoms with Crippen molar-refractivity contribution < 1.29 is 13.9 Å². The zero-order valence-corrected chi connectivity index (χ0v) is 11.8. The van der Waals surface area contributed by atoms with E-state index >= 15 is 0 Å². The summed E-state index contributed by atoms with van der Waals surface area (Å²) in [4.78, 5) is 15.7. The minimum Gasteiger partial charge on any atom is -0.496 e. The molecular formula is C17H13FN2O2. The number of benzene rings is 2. The fourth-order valence-electron chi connectivity index (χ4n) is 2.35. The number of methoxy groups -OCH3 is 1. The molecule has 0 saturated heterocycles. The van der Waals surface area contributed by atoms with Gasteiger partial charge in [0.1, 0.15) is 11.6 Å². The number of nitrogens with zero attached hydrogens (tertiary/aromatic N) is 1. The first-order chi connectivity index (χ1) is 10.6. The Morgan fingerprint density at radius 1 is 1.18 bits per heavy atom. The number of carbonyl (C=O) groups is 1. The topological polar surface area (TPSA) is 65.2 Å². The van der Waals surface area contributed by atoms with Gasteiger partial charge in [0.05, 0.1) is 18.2 Å². The SMILES string of the molecule is COc1ccc(-c2cnc3cccc(F)c3c2)cc1C(N)=O. The van der Waals surface area contributed by atoms with Crippen LogP contribution in [0.15, 0.2) is 48.7 Å².